The van der Waals surface area contributed by atoms with Crippen LogP contribution in [0, 0.1) is 0 Å². The van der Waals surface area contributed by atoms with Crippen molar-refractivity contribution in [3.63, 3.8) is 0 Å². The first-order chi connectivity index (χ1) is 14.0. The Kier molecular flexibility index (Phi) is 7.76. The van der Waals surface area contributed by atoms with E-state index in [4.69, 9.17) is 27.9 Å². The van der Waals surface area contributed by atoms with Crippen molar-refractivity contribution in [3.8, 4) is 0 Å². The topological polar surface area (TPSA) is 55.4 Å². The molecule has 0 saturated heterocycles. The Labute approximate surface area is 184 Å². The third-order valence-corrected chi connectivity index (χ3v) is 6.45. The number of aryl methyl sites for hydroxylation is 1. The van der Waals surface area contributed by atoms with Crippen LogP contribution in [0.5, 0.6) is 0 Å². The van der Waals surface area contributed by atoms with E-state index in [1.165, 1.54) is 22.3 Å². The zero-order valence-electron chi connectivity index (χ0n) is 16.2. The Bertz CT molecular complexity index is 936. The number of carbonyl (C=O) groups excluding carboxylic acids is 2. The van der Waals surface area contributed by atoms with Crippen molar-refractivity contribution >= 4 is 57.5 Å². The fourth-order valence-electron chi connectivity index (χ4n) is 3.27. The monoisotopic (exact) mass is 451 g/mol. The molecule has 3 rings (SSSR count). The van der Waals surface area contributed by atoms with E-state index in [0.29, 0.717) is 32.8 Å². The standard InChI is InChI=1S/C22H23Cl2NO3S/c1-2-12-28-22(27)20-16-6-4-3-5-7-18(16)29-21(20)25-19(26)11-9-14-8-10-15(23)13-17(14)24/h8-11,13H,2-7,12H2,1H3,(H,25,26). The van der Waals surface area contributed by atoms with Gasteiger partial charge in [0.2, 0.25) is 5.91 Å². The zero-order valence-corrected chi connectivity index (χ0v) is 18.6. The van der Waals surface area contributed by atoms with Gasteiger partial charge in [0, 0.05) is 21.0 Å². The number of anilines is 1. The molecule has 154 valence electrons. The van der Waals surface area contributed by atoms with Crippen LogP contribution in [0.25, 0.3) is 6.08 Å². The molecule has 1 aliphatic carbocycles. The second-order valence-electron chi connectivity index (χ2n) is 6.89. The number of amides is 1. The first kappa shape index (κ1) is 21.9. The molecule has 1 heterocycles. The molecule has 1 N–H and O–H groups in total. The van der Waals surface area contributed by atoms with Crippen LogP contribution in [0.4, 0.5) is 5.00 Å². The van der Waals surface area contributed by atoms with Crippen molar-refractivity contribution in [2.75, 3.05) is 11.9 Å². The lowest BCUT2D eigenvalue weighted by Crippen LogP contribution is -2.13. The van der Waals surface area contributed by atoms with Crippen molar-refractivity contribution in [1.29, 1.82) is 0 Å². The summed E-state index contributed by atoms with van der Waals surface area (Å²) in [6, 6.07) is 5.08. The number of fused-ring (bicyclic) bond motifs is 1. The van der Waals surface area contributed by atoms with Crippen molar-refractivity contribution in [2.45, 2.75) is 45.4 Å². The maximum absolute atomic E-state index is 12.7. The highest BCUT2D eigenvalue weighted by Crippen LogP contribution is 2.38. The molecular formula is C22H23Cl2NO3S. The first-order valence-electron chi connectivity index (χ1n) is 9.75. The van der Waals surface area contributed by atoms with E-state index >= 15 is 0 Å². The number of benzene rings is 1. The number of thiophene rings is 1. The summed E-state index contributed by atoms with van der Waals surface area (Å²) < 4.78 is 5.39. The second-order valence-corrected chi connectivity index (χ2v) is 8.84. The molecule has 0 spiro atoms. The highest BCUT2D eigenvalue weighted by molar-refractivity contribution is 7.17. The predicted molar refractivity (Wildman–Crippen MR) is 120 cm³/mol. The number of ether oxygens (including phenoxy) is 1. The molecule has 0 fully saturated rings. The average molecular weight is 452 g/mol. The third-order valence-electron chi connectivity index (χ3n) is 4.68. The number of rotatable bonds is 6. The number of hydrogen-bond acceptors (Lipinski definition) is 4. The van der Waals surface area contributed by atoms with E-state index < -0.39 is 0 Å². The van der Waals surface area contributed by atoms with Crippen LogP contribution >= 0.6 is 34.5 Å². The highest BCUT2D eigenvalue weighted by Gasteiger charge is 2.26. The highest BCUT2D eigenvalue weighted by atomic mass is 35.5. The fraction of sp³-hybridized carbons (Fsp3) is 0.364. The van der Waals surface area contributed by atoms with Crippen LogP contribution in [0.15, 0.2) is 24.3 Å². The van der Waals surface area contributed by atoms with Gasteiger partial charge in [-0.1, -0.05) is 42.6 Å². The molecule has 2 aromatic rings. The molecule has 1 amide bonds. The maximum Gasteiger partial charge on any atom is 0.341 e. The molecule has 0 aliphatic heterocycles. The van der Waals surface area contributed by atoms with Gasteiger partial charge in [-0.2, -0.15) is 0 Å². The van der Waals surface area contributed by atoms with Crippen LogP contribution in [0.3, 0.4) is 0 Å². The Hall–Kier alpha value is -1.82. The summed E-state index contributed by atoms with van der Waals surface area (Å²) in [4.78, 5) is 26.4. The molecule has 0 unspecified atom stereocenters. The number of nitrogens with one attached hydrogen (secondary N) is 1. The minimum Gasteiger partial charge on any atom is -0.462 e. The number of esters is 1. The Morgan fingerprint density at radius 2 is 2.00 bits per heavy atom. The van der Waals surface area contributed by atoms with Crippen LogP contribution in [0.2, 0.25) is 10.0 Å². The van der Waals surface area contributed by atoms with Crippen LogP contribution in [0.1, 0.15) is 59.0 Å². The smallest absolute Gasteiger partial charge is 0.341 e. The normalized spacial score (nSPS) is 13.8. The van der Waals surface area contributed by atoms with Crippen molar-refractivity contribution in [2.24, 2.45) is 0 Å². The summed E-state index contributed by atoms with van der Waals surface area (Å²) in [7, 11) is 0. The number of halogens is 2. The first-order valence-corrected chi connectivity index (χ1v) is 11.3. The van der Waals surface area contributed by atoms with E-state index in [2.05, 4.69) is 5.32 Å². The minimum absolute atomic E-state index is 0.322. The number of hydrogen-bond donors (Lipinski definition) is 1. The summed E-state index contributed by atoms with van der Waals surface area (Å²) in [5.74, 6) is -0.678. The van der Waals surface area contributed by atoms with E-state index in [0.717, 1.165) is 44.1 Å². The SMILES string of the molecule is CCCOC(=O)c1c(NC(=O)C=Cc2ccc(Cl)cc2Cl)sc2c1CCCCC2. The Morgan fingerprint density at radius 3 is 2.76 bits per heavy atom. The maximum atomic E-state index is 12.7. The van der Waals surface area contributed by atoms with Gasteiger partial charge in [-0.3, -0.25) is 4.79 Å². The molecule has 0 saturated carbocycles. The van der Waals surface area contributed by atoms with E-state index in [1.54, 1.807) is 24.3 Å². The lowest BCUT2D eigenvalue weighted by Gasteiger charge is -2.08. The van der Waals surface area contributed by atoms with E-state index in [1.807, 2.05) is 6.92 Å². The molecule has 1 aromatic heterocycles. The largest absolute Gasteiger partial charge is 0.462 e. The molecule has 0 atom stereocenters. The molecule has 4 nitrogen and oxygen atoms in total. The van der Waals surface area contributed by atoms with Gasteiger partial charge in [0.25, 0.3) is 0 Å². The Morgan fingerprint density at radius 1 is 1.21 bits per heavy atom. The fourth-order valence-corrected chi connectivity index (χ4v) is 5.02. The van der Waals surface area contributed by atoms with Gasteiger partial charge >= 0.3 is 5.97 Å². The molecule has 0 bridgehead atoms. The summed E-state index contributed by atoms with van der Waals surface area (Å²) in [5.41, 5.74) is 2.25. The molecule has 1 aliphatic rings. The van der Waals surface area contributed by atoms with Gasteiger partial charge in [-0.15, -0.1) is 11.3 Å². The minimum atomic E-state index is -0.355. The second kappa shape index (κ2) is 10.3. The van der Waals surface area contributed by atoms with Crippen LogP contribution < -0.4 is 5.32 Å². The summed E-state index contributed by atoms with van der Waals surface area (Å²) in [6.07, 6.45) is 8.85. The molecule has 29 heavy (non-hydrogen) atoms. The molecular weight excluding hydrogens is 429 g/mol. The predicted octanol–water partition coefficient (Wildman–Crippen LogP) is 6.54. The van der Waals surface area contributed by atoms with Gasteiger partial charge in [-0.05, 0) is 61.4 Å². The lowest BCUT2D eigenvalue weighted by molar-refractivity contribution is -0.111. The molecule has 1 aromatic carbocycles. The Balaban J connectivity index is 1.82. The van der Waals surface area contributed by atoms with Crippen LogP contribution in [-0.2, 0) is 22.4 Å². The molecule has 0 radical (unpaired) electrons. The molecule has 7 heteroatoms. The van der Waals surface area contributed by atoms with Gasteiger partial charge in [0.15, 0.2) is 0 Å². The quantitative estimate of drug-likeness (QED) is 0.308. The van der Waals surface area contributed by atoms with Crippen molar-refractivity contribution < 1.29 is 14.3 Å². The summed E-state index contributed by atoms with van der Waals surface area (Å²) in [5, 5.41) is 4.43. The lowest BCUT2D eigenvalue weighted by atomic mass is 10.1. The third kappa shape index (κ3) is 5.62. The van der Waals surface area contributed by atoms with Crippen molar-refractivity contribution in [1.82, 2.24) is 0 Å². The van der Waals surface area contributed by atoms with E-state index in [-0.39, 0.29) is 11.9 Å². The van der Waals surface area contributed by atoms with Crippen molar-refractivity contribution in [3.05, 3.63) is 55.9 Å². The average Bonchev–Trinajstić information content (AvgIpc) is 2.86. The van der Waals surface area contributed by atoms with Gasteiger partial charge in [0.05, 0.1) is 12.2 Å². The number of carbonyl (C=O) groups is 2. The van der Waals surface area contributed by atoms with E-state index in [9.17, 15) is 9.59 Å². The van der Waals surface area contributed by atoms with Gasteiger partial charge < -0.3 is 10.1 Å². The zero-order chi connectivity index (χ0) is 20.8. The van der Waals surface area contributed by atoms with Gasteiger partial charge in [-0.25, -0.2) is 4.79 Å². The van der Waals surface area contributed by atoms with Gasteiger partial charge in [0.1, 0.15) is 5.00 Å². The summed E-state index contributed by atoms with van der Waals surface area (Å²) >= 11 is 13.5. The van der Waals surface area contributed by atoms with Crippen LogP contribution in [-0.4, -0.2) is 18.5 Å². The summed E-state index contributed by atoms with van der Waals surface area (Å²) in [6.45, 7) is 2.32.